The van der Waals surface area contributed by atoms with Gasteiger partial charge in [0.15, 0.2) is 17.8 Å². The third-order valence-electron chi connectivity index (χ3n) is 4.21. The van der Waals surface area contributed by atoms with Gasteiger partial charge in [-0.15, -0.1) is 0 Å². The summed E-state index contributed by atoms with van der Waals surface area (Å²) in [6.45, 7) is 0.678. The Morgan fingerprint density at radius 3 is 2.74 bits per heavy atom. The second-order valence-electron chi connectivity index (χ2n) is 6.08. The van der Waals surface area contributed by atoms with Crippen LogP contribution in [0.3, 0.4) is 0 Å². The first-order valence-electron chi connectivity index (χ1n) is 8.59. The van der Waals surface area contributed by atoms with Gasteiger partial charge in [0.25, 0.3) is 5.91 Å². The number of nitrogens with one attached hydrogen (secondary N) is 1. The minimum Gasteiger partial charge on any atom is -0.445 e. The molecule has 2 heterocycles. The Morgan fingerprint density at radius 1 is 1.19 bits per heavy atom. The highest BCUT2D eigenvalue weighted by atomic mass is 35.5. The van der Waals surface area contributed by atoms with Gasteiger partial charge < -0.3 is 14.5 Å². The molecule has 2 aromatic carbocycles. The van der Waals surface area contributed by atoms with E-state index in [-0.39, 0.29) is 17.7 Å². The van der Waals surface area contributed by atoms with E-state index < -0.39 is 0 Å². The van der Waals surface area contributed by atoms with Gasteiger partial charge in [-0.1, -0.05) is 35.5 Å². The van der Waals surface area contributed by atoms with Crippen LogP contribution in [-0.4, -0.2) is 17.5 Å². The summed E-state index contributed by atoms with van der Waals surface area (Å²) in [6.07, 6.45) is 2.89. The van der Waals surface area contributed by atoms with Crippen molar-refractivity contribution in [2.45, 2.75) is 28.7 Å². The molecular formula is C20H17ClN2O3S. The number of nitrogens with zero attached hydrogens (tertiary/aromatic N) is 1. The van der Waals surface area contributed by atoms with Gasteiger partial charge in [-0.3, -0.25) is 4.79 Å². The van der Waals surface area contributed by atoms with Crippen molar-refractivity contribution in [3.8, 4) is 0 Å². The van der Waals surface area contributed by atoms with Crippen molar-refractivity contribution < 1.29 is 13.9 Å². The average molecular weight is 401 g/mol. The zero-order chi connectivity index (χ0) is 18.6. The van der Waals surface area contributed by atoms with E-state index in [1.165, 1.54) is 6.39 Å². The summed E-state index contributed by atoms with van der Waals surface area (Å²) in [5.74, 6) is 0.191. The Bertz CT molecular complexity index is 936. The molecular weight excluding hydrogens is 384 g/mol. The minimum atomic E-state index is -0.305. The first kappa shape index (κ1) is 18.1. The monoisotopic (exact) mass is 400 g/mol. The van der Waals surface area contributed by atoms with Gasteiger partial charge in [0, 0.05) is 22.1 Å². The lowest BCUT2D eigenvalue weighted by atomic mass is 10.1. The lowest BCUT2D eigenvalue weighted by Gasteiger charge is -2.09. The molecule has 0 saturated carbocycles. The molecule has 3 aromatic rings. The summed E-state index contributed by atoms with van der Waals surface area (Å²) < 4.78 is 11.0. The summed E-state index contributed by atoms with van der Waals surface area (Å²) in [6, 6.07) is 15.3. The van der Waals surface area contributed by atoms with Crippen molar-refractivity contribution in [3.05, 3.63) is 71.4 Å². The van der Waals surface area contributed by atoms with Gasteiger partial charge in [-0.25, -0.2) is 4.98 Å². The third-order valence-corrected chi connectivity index (χ3v) is 5.73. The largest absolute Gasteiger partial charge is 0.445 e. The van der Waals surface area contributed by atoms with E-state index in [2.05, 4.69) is 10.3 Å². The molecule has 1 fully saturated rings. The number of benzene rings is 2. The minimum absolute atomic E-state index is 0.192. The number of amides is 1. The van der Waals surface area contributed by atoms with Crippen molar-refractivity contribution in [1.29, 1.82) is 0 Å². The van der Waals surface area contributed by atoms with Crippen molar-refractivity contribution >= 4 is 35.0 Å². The number of ether oxygens (including phenoxy) is 1. The van der Waals surface area contributed by atoms with E-state index in [1.54, 1.807) is 11.8 Å². The van der Waals surface area contributed by atoms with E-state index in [0.29, 0.717) is 23.1 Å². The predicted molar refractivity (Wildman–Crippen MR) is 104 cm³/mol. The van der Waals surface area contributed by atoms with Gasteiger partial charge in [0.05, 0.1) is 5.02 Å². The molecule has 27 heavy (non-hydrogen) atoms. The second-order valence-corrected chi connectivity index (χ2v) is 7.60. The van der Waals surface area contributed by atoms with E-state index in [4.69, 9.17) is 20.8 Å². The lowest BCUT2D eigenvalue weighted by molar-refractivity contribution is 0.0889. The van der Waals surface area contributed by atoms with E-state index in [0.717, 1.165) is 22.6 Å². The van der Waals surface area contributed by atoms with Crippen LogP contribution >= 0.6 is 23.4 Å². The summed E-state index contributed by atoms with van der Waals surface area (Å²) in [7, 11) is 0. The predicted octanol–water partition coefficient (Wildman–Crippen LogP) is 5.58. The molecule has 0 bridgehead atoms. The maximum atomic E-state index is 12.6. The van der Waals surface area contributed by atoms with Crippen LogP contribution in [-0.2, 0) is 4.74 Å². The molecule has 7 heteroatoms. The molecule has 1 N–H and O–H groups in total. The molecule has 5 nitrogen and oxygen atoms in total. The van der Waals surface area contributed by atoms with Crippen LogP contribution < -0.4 is 5.32 Å². The molecule has 1 amide bonds. The fraction of sp³-hybridized carbons (Fsp3) is 0.200. The number of hydrogen-bond donors (Lipinski definition) is 1. The van der Waals surface area contributed by atoms with Crippen LogP contribution in [0.5, 0.6) is 0 Å². The van der Waals surface area contributed by atoms with Crippen LogP contribution in [0.15, 0.2) is 69.1 Å². The maximum absolute atomic E-state index is 12.6. The van der Waals surface area contributed by atoms with E-state index >= 15 is 0 Å². The van der Waals surface area contributed by atoms with Gasteiger partial charge in [-0.2, -0.15) is 0 Å². The average Bonchev–Trinajstić information content (AvgIpc) is 3.36. The van der Waals surface area contributed by atoms with Gasteiger partial charge in [0.2, 0.25) is 0 Å². The number of aromatic nitrogens is 1. The van der Waals surface area contributed by atoms with Gasteiger partial charge >= 0.3 is 0 Å². The number of anilines is 1. The Labute approximate surface area is 166 Å². The molecule has 0 spiro atoms. The first-order chi connectivity index (χ1) is 13.2. The Hall–Kier alpha value is -2.28. The fourth-order valence-corrected chi connectivity index (χ4v) is 3.98. The van der Waals surface area contributed by atoms with Crippen molar-refractivity contribution in [2.75, 3.05) is 11.9 Å². The molecule has 4 rings (SSSR count). The molecule has 0 unspecified atom stereocenters. The highest BCUT2D eigenvalue weighted by Gasteiger charge is 2.28. The molecule has 138 valence electrons. The van der Waals surface area contributed by atoms with E-state index in [9.17, 15) is 4.79 Å². The number of carbonyl (C=O) groups excluding carboxylic acids is 1. The molecule has 1 aliphatic rings. The molecule has 1 aromatic heterocycles. The van der Waals surface area contributed by atoms with Crippen molar-refractivity contribution in [1.82, 2.24) is 4.98 Å². The zero-order valence-corrected chi connectivity index (χ0v) is 15.9. The second kappa shape index (κ2) is 8.17. The summed E-state index contributed by atoms with van der Waals surface area (Å²) in [5.41, 5.74) is 0.959. The van der Waals surface area contributed by atoms with Crippen LogP contribution in [0.25, 0.3) is 0 Å². The Kier molecular flexibility index (Phi) is 5.48. The third kappa shape index (κ3) is 4.18. The number of rotatable bonds is 5. The Balaban J connectivity index is 1.44. The number of oxazole rings is 1. The Morgan fingerprint density at radius 2 is 2.00 bits per heavy atom. The quantitative estimate of drug-likeness (QED) is 0.605. The molecule has 0 aliphatic carbocycles. The van der Waals surface area contributed by atoms with Crippen LogP contribution in [0.4, 0.5) is 5.69 Å². The number of halogens is 1. The first-order valence-corrected chi connectivity index (χ1v) is 9.79. The van der Waals surface area contributed by atoms with Crippen LogP contribution in [0.1, 0.15) is 35.2 Å². The van der Waals surface area contributed by atoms with Crippen LogP contribution in [0, 0.1) is 0 Å². The van der Waals surface area contributed by atoms with Gasteiger partial charge in [-0.05, 0) is 49.2 Å². The van der Waals surface area contributed by atoms with E-state index in [1.807, 2.05) is 48.5 Å². The SMILES string of the molecule is O=C(Nc1ccc(Sc2ccccc2Cl)cc1)c1ncoc1[C@H]1CCCO1. The highest BCUT2D eigenvalue weighted by molar-refractivity contribution is 7.99. The zero-order valence-electron chi connectivity index (χ0n) is 14.4. The summed E-state index contributed by atoms with van der Waals surface area (Å²) in [4.78, 5) is 18.6. The van der Waals surface area contributed by atoms with Crippen molar-refractivity contribution in [3.63, 3.8) is 0 Å². The highest BCUT2D eigenvalue weighted by Crippen LogP contribution is 2.34. The van der Waals surface area contributed by atoms with Crippen LogP contribution in [0.2, 0.25) is 5.02 Å². The number of hydrogen-bond acceptors (Lipinski definition) is 5. The smallest absolute Gasteiger partial charge is 0.278 e. The molecule has 1 aliphatic heterocycles. The lowest BCUT2D eigenvalue weighted by Crippen LogP contribution is -2.15. The summed E-state index contributed by atoms with van der Waals surface area (Å²) in [5, 5.41) is 3.57. The summed E-state index contributed by atoms with van der Waals surface area (Å²) >= 11 is 7.77. The normalized spacial score (nSPS) is 16.4. The molecule has 0 radical (unpaired) electrons. The fourth-order valence-electron chi connectivity index (χ4n) is 2.89. The van der Waals surface area contributed by atoms with Crippen molar-refractivity contribution in [2.24, 2.45) is 0 Å². The standard InChI is InChI=1S/C20H17ClN2O3S/c21-15-4-1-2-6-17(15)27-14-9-7-13(8-10-14)23-20(24)18-19(26-12-22-18)16-5-3-11-25-16/h1-2,4,6-10,12,16H,3,5,11H2,(H,23,24)/t16-/m1/s1. The number of carbonyl (C=O) groups is 1. The van der Waals surface area contributed by atoms with Gasteiger partial charge in [0.1, 0.15) is 6.10 Å². The molecule has 1 atom stereocenters. The topological polar surface area (TPSA) is 64.4 Å². The maximum Gasteiger partial charge on any atom is 0.278 e. The molecule has 1 saturated heterocycles.